The quantitative estimate of drug-likeness (QED) is 0.305. The van der Waals surface area contributed by atoms with E-state index < -0.39 is 0 Å². The third kappa shape index (κ3) is 4.34. The number of phenols is 1. The summed E-state index contributed by atoms with van der Waals surface area (Å²) in [6.07, 6.45) is 8.80. The van der Waals surface area contributed by atoms with Crippen molar-refractivity contribution < 1.29 is 5.11 Å². The monoisotopic (exact) mass is 586 g/mol. The number of hydrogen-bond acceptors (Lipinski definition) is 4. The summed E-state index contributed by atoms with van der Waals surface area (Å²) < 4.78 is 4.00. The van der Waals surface area contributed by atoms with Crippen LogP contribution in [-0.4, -0.2) is 32.3 Å². The molecule has 6 nitrogen and oxygen atoms in total. The van der Waals surface area contributed by atoms with Gasteiger partial charge in [-0.05, 0) is 89.4 Å². The number of imidazole rings is 1. The van der Waals surface area contributed by atoms with Crippen LogP contribution in [0.15, 0.2) is 65.8 Å². The number of piperidine rings is 1. The Bertz CT molecular complexity index is 1420. The van der Waals surface area contributed by atoms with E-state index in [0.29, 0.717) is 16.3 Å². The highest BCUT2D eigenvalue weighted by molar-refractivity contribution is 14.1. The van der Waals surface area contributed by atoms with Gasteiger partial charge < -0.3 is 14.6 Å². The summed E-state index contributed by atoms with van der Waals surface area (Å²) in [5.41, 5.74) is 3.57. The van der Waals surface area contributed by atoms with Gasteiger partial charge in [-0.1, -0.05) is 17.7 Å². The van der Waals surface area contributed by atoms with Gasteiger partial charge >= 0.3 is 5.69 Å². The molecular weight excluding hydrogens is 563 g/mol. The van der Waals surface area contributed by atoms with Gasteiger partial charge in [0.2, 0.25) is 0 Å². The van der Waals surface area contributed by atoms with Crippen LogP contribution in [0.1, 0.15) is 19.3 Å². The Morgan fingerprint density at radius 3 is 2.32 bits per heavy atom. The summed E-state index contributed by atoms with van der Waals surface area (Å²) >= 11 is 8.85. The number of aryl methyl sites for hydroxylation is 1. The van der Waals surface area contributed by atoms with Crippen molar-refractivity contribution in [2.75, 3.05) is 18.0 Å². The maximum atomic E-state index is 12.3. The number of nitrogens with zero attached hydrogens (tertiary/aromatic N) is 4. The number of benzene rings is 2. The van der Waals surface area contributed by atoms with Crippen LogP contribution in [0.2, 0.25) is 5.02 Å². The fraction of sp³-hybridized carbons (Fsp3) is 0.231. The van der Waals surface area contributed by atoms with Gasteiger partial charge in [-0.2, -0.15) is 0 Å². The second-order valence-corrected chi connectivity index (χ2v) is 10.2. The topological polar surface area (TPSA) is 63.3 Å². The van der Waals surface area contributed by atoms with Crippen molar-refractivity contribution in [2.45, 2.75) is 19.3 Å². The minimum Gasteiger partial charge on any atom is -0.507 e. The highest BCUT2D eigenvalue weighted by Gasteiger charge is 2.17. The summed E-state index contributed by atoms with van der Waals surface area (Å²) in [5, 5.41) is 11.7. The lowest BCUT2D eigenvalue weighted by Crippen LogP contribution is -2.30. The lowest BCUT2D eigenvalue weighted by atomic mass is 9.97. The molecule has 0 unspecified atom stereocenters. The molecule has 0 spiro atoms. The van der Waals surface area contributed by atoms with Crippen molar-refractivity contribution in [2.24, 2.45) is 7.05 Å². The SMILES string of the molecule is Cn1ccn(-c2ccc(-c3cc(I)cc(-c4ccnc(N5CCCCC5)c4)c3O)cc2Cl)c1=O. The Kier molecular flexibility index (Phi) is 6.40. The van der Waals surface area contributed by atoms with Crippen molar-refractivity contribution in [1.29, 1.82) is 0 Å². The normalized spacial score (nSPS) is 13.9. The summed E-state index contributed by atoms with van der Waals surface area (Å²) in [4.78, 5) is 19.2. The van der Waals surface area contributed by atoms with Crippen LogP contribution in [0, 0.1) is 3.57 Å². The number of aromatic hydroxyl groups is 1. The largest absolute Gasteiger partial charge is 0.507 e. The van der Waals surface area contributed by atoms with Crippen LogP contribution in [0.25, 0.3) is 27.9 Å². The first-order chi connectivity index (χ1) is 16.4. The van der Waals surface area contributed by atoms with Crippen LogP contribution in [0.3, 0.4) is 0 Å². The van der Waals surface area contributed by atoms with Gasteiger partial charge in [0.15, 0.2) is 0 Å². The van der Waals surface area contributed by atoms with Gasteiger partial charge in [0.05, 0.1) is 10.7 Å². The number of pyridine rings is 1. The molecule has 2 aromatic carbocycles. The molecule has 1 N–H and O–H groups in total. The first kappa shape index (κ1) is 23.0. The lowest BCUT2D eigenvalue weighted by molar-refractivity contribution is 0.479. The number of anilines is 1. The first-order valence-electron chi connectivity index (χ1n) is 11.2. The lowest BCUT2D eigenvalue weighted by Gasteiger charge is -2.28. The van der Waals surface area contributed by atoms with Crippen molar-refractivity contribution in [1.82, 2.24) is 14.1 Å². The summed E-state index contributed by atoms with van der Waals surface area (Å²) in [5.74, 6) is 1.13. The van der Waals surface area contributed by atoms with Gasteiger partial charge in [0.1, 0.15) is 11.6 Å². The molecule has 8 heteroatoms. The molecule has 174 valence electrons. The van der Waals surface area contributed by atoms with Crippen molar-refractivity contribution in [3.05, 3.63) is 80.1 Å². The third-order valence-electron chi connectivity index (χ3n) is 6.28. The Balaban J connectivity index is 1.55. The molecule has 1 saturated heterocycles. The maximum Gasteiger partial charge on any atom is 0.332 e. The fourth-order valence-electron chi connectivity index (χ4n) is 4.44. The predicted octanol–water partition coefficient (Wildman–Crippen LogP) is 5.86. The minimum atomic E-state index is -0.170. The molecule has 0 radical (unpaired) electrons. The average Bonchev–Trinajstić information content (AvgIpc) is 3.18. The van der Waals surface area contributed by atoms with Gasteiger partial charge in [0.25, 0.3) is 0 Å². The van der Waals surface area contributed by atoms with E-state index >= 15 is 0 Å². The number of rotatable bonds is 4. The van der Waals surface area contributed by atoms with E-state index in [9.17, 15) is 9.90 Å². The zero-order chi connectivity index (χ0) is 23.8. The zero-order valence-electron chi connectivity index (χ0n) is 18.7. The summed E-state index contributed by atoms with van der Waals surface area (Å²) in [6.45, 7) is 2.02. The Morgan fingerprint density at radius 2 is 1.68 bits per heavy atom. The molecule has 0 saturated carbocycles. The standard InChI is InChI=1S/C26H24ClIN4O2/c1-30-11-12-32(26(30)34)23-6-5-17(13-22(23)27)20-15-19(28)16-21(25(20)33)18-7-8-29-24(14-18)31-9-3-2-4-10-31/h5-8,11-16,33H,2-4,9-10H2,1H3. The average molecular weight is 587 g/mol. The molecular formula is C26H24ClIN4O2. The molecule has 34 heavy (non-hydrogen) atoms. The number of aromatic nitrogens is 3. The predicted molar refractivity (Wildman–Crippen MR) is 145 cm³/mol. The molecule has 0 bridgehead atoms. The maximum absolute atomic E-state index is 12.3. The van der Waals surface area contributed by atoms with E-state index in [1.54, 1.807) is 31.6 Å². The smallest absolute Gasteiger partial charge is 0.332 e. The van der Waals surface area contributed by atoms with Crippen molar-refractivity contribution >= 4 is 40.0 Å². The van der Waals surface area contributed by atoms with Gasteiger partial charge in [-0.3, -0.25) is 4.57 Å². The molecule has 3 heterocycles. The molecule has 2 aromatic heterocycles. The molecule has 1 fully saturated rings. The van der Waals surface area contributed by atoms with E-state index in [1.807, 2.05) is 30.5 Å². The van der Waals surface area contributed by atoms with Crippen LogP contribution in [0.5, 0.6) is 5.75 Å². The molecule has 4 aromatic rings. The number of halogens is 2. The van der Waals surface area contributed by atoms with Gasteiger partial charge in [0, 0.05) is 53.4 Å². The summed E-state index contributed by atoms with van der Waals surface area (Å²) in [7, 11) is 1.70. The van der Waals surface area contributed by atoms with E-state index in [1.165, 1.54) is 28.4 Å². The van der Waals surface area contributed by atoms with Crippen LogP contribution >= 0.6 is 34.2 Å². The van der Waals surface area contributed by atoms with Crippen LogP contribution in [-0.2, 0) is 7.05 Å². The van der Waals surface area contributed by atoms with Crippen LogP contribution < -0.4 is 10.6 Å². The fourth-order valence-corrected chi connectivity index (χ4v) is 5.33. The molecule has 1 aliphatic rings. The third-order valence-corrected chi connectivity index (χ3v) is 7.20. The Hall–Kier alpha value is -2.78. The minimum absolute atomic E-state index is 0.170. The Morgan fingerprint density at radius 1 is 0.971 bits per heavy atom. The second-order valence-electron chi connectivity index (χ2n) is 8.53. The number of hydrogen-bond donors (Lipinski definition) is 1. The zero-order valence-corrected chi connectivity index (χ0v) is 21.6. The van der Waals surface area contributed by atoms with E-state index in [0.717, 1.165) is 39.2 Å². The van der Waals surface area contributed by atoms with Gasteiger partial charge in [-0.15, -0.1) is 0 Å². The summed E-state index contributed by atoms with van der Waals surface area (Å²) in [6, 6.07) is 13.4. The van der Waals surface area contributed by atoms with E-state index in [2.05, 4.69) is 38.5 Å². The molecule has 0 aliphatic carbocycles. The molecule has 1 aliphatic heterocycles. The van der Waals surface area contributed by atoms with Crippen molar-refractivity contribution in [3.8, 4) is 33.7 Å². The van der Waals surface area contributed by atoms with Crippen LogP contribution in [0.4, 0.5) is 5.82 Å². The van der Waals surface area contributed by atoms with Crippen molar-refractivity contribution in [3.63, 3.8) is 0 Å². The van der Waals surface area contributed by atoms with E-state index in [-0.39, 0.29) is 11.4 Å². The highest BCUT2D eigenvalue weighted by atomic mass is 127. The highest BCUT2D eigenvalue weighted by Crippen LogP contribution is 2.41. The second kappa shape index (κ2) is 9.46. The Labute approximate surface area is 216 Å². The molecule has 5 rings (SSSR count). The first-order valence-corrected chi connectivity index (χ1v) is 12.7. The number of phenolic OH excluding ortho intramolecular Hbond substituents is 1. The van der Waals surface area contributed by atoms with Gasteiger partial charge in [-0.25, -0.2) is 9.78 Å². The molecule has 0 atom stereocenters. The van der Waals surface area contributed by atoms with E-state index in [4.69, 9.17) is 11.6 Å². The molecule has 0 amide bonds.